The highest BCUT2D eigenvalue weighted by atomic mass is 16.5. The zero-order valence-electron chi connectivity index (χ0n) is 11.6. The van der Waals surface area contributed by atoms with Crippen molar-refractivity contribution in [3.63, 3.8) is 0 Å². The summed E-state index contributed by atoms with van der Waals surface area (Å²) in [6.45, 7) is 0.408. The summed E-state index contributed by atoms with van der Waals surface area (Å²) in [5, 5.41) is 0. The zero-order chi connectivity index (χ0) is 14.5. The molecule has 0 saturated carbocycles. The van der Waals surface area contributed by atoms with Crippen molar-refractivity contribution in [2.75, 3.05) is 0 Å². The van der Waals surface area contributed by atoms with Crippen molar-refractivity contribution in [3.8, 4) is 22.8 Å². The lowest BCUT2D eigenvalue weighted by molar-refractivity contribution is 0.456. The summed E-state index contributed by atoms with van der Waals surface area (Å²) in [6.07, 6.45) is 1.70. The molecule has 104 valence electrons. The van der Waals surface area contributed by atoms with E-state index in [4.69, 9.17) is 10.5 Å². The highest BCUT2D eigenvalue weighted by molar-refractivity contribution is 5.64. The molecule has 2 aromatic carbocycles. The molecule has 0 aliphatic heterocycles. The Bertz CT molecular complexity index is 709. The third-order valence-corrected chi connectivity index (χ3v) is 3.25. The average Bonchev–Trinajstić information content (AvgIpc) is 2.57. The summed E-state index contributed by atoms with van der Waals surface area (Å²) in [6, 6.07) is 22.0. The summed E-state index contributed by atoms with van der Waals surface area (Å²) in [7, 11) is 0. The van der Waals surface area contributed by atoms with Crippen LogP contribution in [0, 0.1) is 0 Å². The topological polar surface area (TPSA) is 48.1 Å². The number of pyridine rings is 1. The number of nitrogens with zero attached hydrogens (tertiary/aromatic N) is 1. The Kier molecular flexibility index (Phi) is 3.94. The van der Waals surface area contributed by atoms with Crippen LogP contribution in [-0.2, 0) is 6.54 Å². The first-order chi connectivity index (χ1) is 10.4. The second kappa shape index (κ2) is 6.20. The summed E-state index contributed by atoms with van der Waals surface area (Å²) in [4.78, 5) is 4.22. The lowest BCUT2D eigenvalue weighted by Gasteiger charge is -2.09. The van der Waals surface area contributed by atoms with Crippen LogP contribution in [0.3, 0.4) is 0 Å². The van der Waals surface area contributed by atoms with Gasteiger partial charge in [0.15, 0.2) is 0 Å². The van der Waals surface area contributed by atoms with Crippen LogP contribution in [0.5, 0.6) is 11.6 Å². The van der Waals surface area contributed by atoms with Gasteiger partial charge >= 0.3 is 0 Å². The molecule has 1 aromatic heterocycles. The molecule has 0 saturated heterocycles. The van der Waals surface area contributed by atoms with E-state index in [1.807, 2.05) is 54.6 Å². The second-order valence-corrected chi connectivity index (χ2v) is 4.66. The lowest BCUT2D eigenvalue weighted by Crippen LogP contribution is -2.00. The molecule has 0 aliphatic rings. The highest BCUT2D eigenvalue weighted by Gasteiger charge is 2.04. The van der Waals surface area contributed by atoms with E-state index in [1.54, 1.807) is 6.20 Å². The maximum absolute atomic E-state index is 5.80. The van der Waals surface area contributed by atoms with Crippen molar-refractivity contribution in [2.45, 2.75) is 6.54 Å². The van der Waals surface area contributed by atoms with Crippen molar-refractivity contribution in [1.29, 1.82) is 0 Å². The van der Waals surface area contributed by atoms with E-state index in [1.165, 1.54) is 5.56 Å². The largest absolute Gasteiger partial charge is 0.439 e. The van der Waals surface area contributed by atoms with Crippen molar-refractivity contribution < 1.29 is 4.74 Å². The van der Waals surface area contributed by atoms with E-state index < -0.39 is 0 Å². The van der Waals surface area contributed by atoms with Gasteiger partial charge in [0, 0.05) is 18.3 Å². The van der Waals surface area contributed by atoms with Crippen molar-refractivity contribution >= 4 is 0 Å². The van der Waals surface area contributed by atoms with Crippen molar-refractivity contribution in [1.82, 2.24) is 4.98 Å². The van der Waals surface area contributed by atoms with E-state index >= 15 is 0 Å². The molecule has 3 aromatic rings. The van der Waals surface area contributed by atoms with E-state index in [0.29, 0.717) is 12.4 Å². The monoisotopic (exact) mass is 276 g/mol. The fraction of sp³-hybridized carbons (Fsp3) is 0.0556. The number of ether oxygens (including phenoxy) is 1. The normalized spacial score (nSPS) is 10.3. The van der Waals surface area contributed by atoms with Gasteiger partial charge in [0.25, 0.3) is 0 Å². The van der Waals surface area contributed by atoms with Crippen LogP contribution in [-0.4, -0.2) is 4.98 Å². The van der Waals surface area contributed by atoms with Crippen LogP contribution in [0.4, 0.5) is 0 Å². The molecule has 0 fully saturated rings. The number of nitrogens with two attached hydrogens (primary N) is 1. The van der Waals surface area contributed by atoms with E-state index in [-0.39, 0.29) is 0 Å². The first kappa shape index (κ1) is 13.3. The molecular formula is C18H16N2O. The highest BCUT2D eigenvalue weighted by Crippen LogP contribution is 2.26. The molecule has 3 nitrogen and oxygen atoms in total. The molecule has 3 heteroatoms. The summed E-state index contributed by atoms with van der Waals surface area (Å²) < 4.78 is 5.80. The standard InChI is InChI=1S/C18H16N2O/c19-13-16-7-4-12-20-18(16)21-17-10-8-15(9-11-17)14-5-2-1-3-6-14/h1-12H,13,19H2. The van der Waals surface area contributed by atoms with Gasteiger partial charge < -0.3 is 10.5 Å². The van der Waals surface area contributed by atoms with Crippen molar-refractivity contribution in [3.05, 3.63) is 78.5 Å². The Morgan fingerprint density at radius 1 is 0.810 bits per heavy atom. The van der Waals surface area contributed by atoms with Gasteiger partial charge in [-0.05, 0) is 29.3 Å². The van der Waals surface area contributed by atoms with Gasteiger partial charge in [-0.15, -0.1) is 0 Å². The van der Waals surface area contributed by atoms with E-state index in [2.05, 4.69) is 17.1 Å². The summed E-state index contributed by atoms with van der Waals surface area (Å²) >= 11 is 0. The third kappa shape index (κ3) is 3.09. The van der Waals surface area contributed by atoms with Gasteiger partial charge in [0.1, 0.15) is 5.75 Å². The molecule has 1 heterocycles. The Balaban J connectivity index is 1.82. The SMILES string of the molecule is NCc1cccnc1Oc1ccc(-c2ccccc2)cc1. The van der Waals surface area contributed by atoms with Crippen LogP contribution in [0.1, 0.15) is 5.56 Å². The Labute approximate surface area is 124 Å². The Morgan fingerprint density at radius 2 is 1.52 bits per heavy atom. The number of rotatable bonds is 4. The predicted molar refractivity (Wildman–Crippen MR) is 84.1 cm³/mol. The van der Waals surface area contributed by atoms with Crippen LogP contribution in [0.25, 0.3) is 11.1 Å². The van der Waals surface area contributed by atoms with Gasteiger partial charge in [-0.25, -0.2) is 4.98 Å². The molecule has 0 aliphatic carbocycles. The molecule has 0 atom stereocenters. The number of hydrogen-bond acceptors (Lipinski definition) is 3. The van der Waals surface area contributed by atoms with Gasteiger partial charge in [-0.2, -0.15) is 0 Å². The first-order valence-corrected chi connectivity index (χ1v) is 6.84. The predicted octanol–water partition coefficient (Wildman–Crippen LogP) is 4.00. The maximum Gasteiger partial charge on any atom is 0.223 e. The minimum Gasteiger partial charge on any atom is -0.439 e. The maximum atomic E-state index is 5.80. The van der Waals surface area contributed by atoms with Crippen LogP contribution < -0.4 is 10.5 Å². The second-order valence-electron chi connectivity index (χ2n) is 4.66. The first-order valence-electron chi connectivity index (χ1n) is 6.84. The molecule has 0 radical (unpaired) electrons. The summed E-state index contributed by atoms with van der Waals surface area (Å²) in [5.74, 6) is 1.32. The fourth-order valence-electron chi connectivity index (χ4n) is 2.13. The molecule has 2 N–H and O–H groups in total. The van der Waals surface area contributed by atoms with E-state index in [9.17, 15) is 0 Å². The average molecular weight is 276 g/mol. The lowest BCUT2D eigenvalue weighted by atomic mass is 10.1. The van der Waals surface area contributed by atoms with Crippen molar-refractivity contribution in [2.24, 2.45) is 5.73 Å². The Hall–Kier alpha value is -2.65. The van der Waals surface area contributed by atoms with E-state index in [0.717, 1.165) is 16.9 Å². The molecule has 21 heavy (non-hydrogen) atoms. The quantitative estimate of drug-likeness (QED) is 0.783. The van der Waals surface area contributed by atoms with Gasteiger partial charge in [-0.3, -0.25) is 0 Å². The van der Waals surface area contributed by atoms with Gasteiger partial charge in [0.2, 0.25) is 5.88 Å². The number of hydrogen-bond donors (Lipinski definition) is 1. The van der Waals surface area contributed by atoms with Crippen LogP contribution in [0.2, 0.25) is 0 Å². The number of aromatic nitrogens is 1. The Morgan fingerprint density at radius 3 is 2.24 bits per heavy atom. The molecule has 0 unspecified atom stereocenters. The zero-order valence-corrected chi connectivity index (χ0v) is 11.6. The molecule has 3 rings (SSSR count). The molecule has 0 spiro atoms. The summed E-state index contributed by atoms with van der Waals surface area (Å²) in [5.41, 5.74) is 8.92. The van der Waals surface area contributed by atoms with Gasteiger partial charge in [0.05, 0.1) is 0 Å². The molecular weight excluding hydrogens is 260 g/mol. The third-order valence-electron chi connectivity index (χ3n) is 3.25. The van der Waals surface area contributed by atoms with Crippen LogP contribution in [0.15, 0.2) is 72.9 Å². The minimum absolute atomic E-state index is 0.408. The molecule has 0 bridgehead atoms. The number of benzene rings is 2. The van der Waals surface area contributed by atoms with Crippen LogP contribution >= 0.6 is 0 Å². The molecule has 0 amide bonds. The fourth-order valence-corrected chi connectivity index (χ4v) is 2.13. The minimum atomic E-state index is 0.408. The smallest absolute Gasteiger partial charge is 0.223 e. The van der Waals surface area contributed by atoms with Gasteiger partial charge in [-0.1, -0.05) is 48.5 Å².